The zero-order valence-corrected chi connectivity index (χ0v) is 5.23. The van der Waals surface area contributed by atoms with Gasteiger partial charge in [-0.15, -0.1) is 0 Å². The number of rotatable bonds is 2. The van der Waals surface area contributed by atoms with E-state index in [4.69, 9.17) is 5.73 Å². The van der Waals surface area contributed by atoms with Gasteiger partial charge in [0.2, 0.25) is 0 Å². The van der Waals surface area contributed by atoms with Crippen LogP contribution in [0.2, 0.25) is 0 Å². The van der Waals surface area contributed by atoms with Crippen molar-refractivity contribution in [3.63, 3.8) is 0 Å². The number of aromatic nitrogens is 2. The van der Waals surface area contributed by atoms with Gasteiger partial charge in [-0.2, -0.15) is 0 Å². The van der Waals surface area contributed by atoms with E-state index >= 15 is 0 Å². The summed E-state index contributed by atoms with van der Waals surface area (Å²) in [7, 11) is 0. The number of primary amides is 1. The number of hydrogen-bond donors (Lipinski definition) is 1. The van der Waals surface area contributed by atoms with Crippen LogP contribution in [0.25, 0.3) is 0 Å². The fourth-order valence-electron chi connectivity index (χ4n) is 0.501. The summed E-state index contributed by atoms with van der Waals surface area (Å²) in [6.45, 7) is 0.120. The lowest BCUT2D eigenvalue weighted by Crippen LogP contribution is -2.14. The summed E-state index contributed by atoms with van der Waals surface area (Å²) in [5.41, 5.74) is 4.71. The van der Waals surface area contributed by atoms with E-state index in [0.29, 0.717) is 0 Å². The number of ether oxygens (including phenoxy) is 1. The molecule has 1 heterocycles. The summed E-state index contributed by atoms with van der Waals surface area (Å²) in [5, 5.41) is 0. The monoisotopic (exact) mass is 141 g/mol. The largest absolute Gasteiger partial charge is 0.428 e. The molecule has 5 nitrogen and oxygen atoms in total. The number of amides is 1. The molecule has 0 unspecified atom stereocenters. The van der Waals surface area contributed by atoms with Crippen LogP contribution in [0, 0.1) is 0 Å². The number of nitrogens with two attached hydrogens (primary N) is 1. The molecule has 0 aliphatic rings. The molecule has 0 saturated heterocycles. The van der Waals surface area contributed by atoms with Crippen molar-refractivity contribution in [2.75, 3.05) is 0 Å². The molecule has 0 aliphatic heterocycles. The lowest BCUT2D eigenvalue weighted by Gasteiger charge is -1.99. The van der Waals surface area contributed by atoms with E-state index in [9.17, 15) is 4.79 Å². The van der Waals surface area contributed by atoms with E-state index in [1.807, 2.05) is 0 Å². The minimum atomic E-state index is -0.784. The second-order valence-corrected chi connectivity index (χ2v) is 1.67. The fourth-order valence-corrected chi connectivity index (χ4v) is 0.501. The molecule has 1 aromatic heterocycles. The van der Waals surface area contributed by atoms with Crippen molar-refractivity contribution in [2.45, 2.75) is 6.73 Å². The van der Waals surface area contributed by atoms with Crippen molar-refractivity contribution in [1.82, 2.24) is 9.55 Å². The smallest absolute Gasteiger partial charge is 0.406 e. The quantitative estimate of drug-likeness (QED) is 0.627. The summed E-state index contributed by atoms with van der Waals surface area (Å²) in [6, 6.07) is 0. The predicted molar refractivity (Wildman–Crippen MR) is 32.9 cm³/mol. The van der Waals surface area contributed by atoms with Crippen LogP contribution in [0.5, 0.6) is 0 Å². The van der Waals surface area contributed by atoms with Crippen molar-refractivity contribution < 1.29 is 9.53 Å². The first-order chi connectivity index (χ1) is 4.79. The fraction of sp³-hybridized carbons (Fsp3) is 0.200. The molecule has 54 valence electrons. The number of nitrogens with zero attached hydrogens (tertiary/aromatic N) is 2. The van der Waals surface area contributed by atoms with Crippen LogP contribution in [0.15, 0.2) is 18.7 Å². The Hall–Kier alpha value is -1.52. The maximum Gasteiger partial charge on any atom is 0.406 e. The SMILES string of the molecule is NC(=O)OCn1ccnc1. The Morgan fingerprint density at radius 2 is 2.60 bits per heavy atom. The highest BCUT2D eigenvalue weighted by Gasteiger charge is 1.92. The van der Waals surface area contributed by atoms with Gasteiger partial charge in [0, 0.05) is 12.4 Å². The molecule has 1 amide bonds. The van der Waals surface area contributed by atoms with Crippen LogP contribution in [0.1, 0.15) is 0 Å². The first kappa shape index (κ1) is 6.60. The maximum absolute atomic E-state index is 10.1. The highest BCUT2D eigenvalue weighted by molar-refractivity contribution is 5.64. The standard InChI is InChI=1S/C5H7N3O2/c6-5(9)10-4-8-2-1-7-3-8/h1-3H,4H2,(H2,6,9). The predicted octanol–water partition coefficient (Wildman–Crippen LogP) is -0.0641. The minimum absolute atomic E-state index is 0.120. The Bertz CT molecular complexity index is 207. The molecule has 10 heavy (non-hydrogen) atoms. The molecule has 1 rings (SSSR count). The first-order valence-electron chi connectivity index (χ1n) is 2.67. The molecule has 0 aliphatic carbocycles. The molecule has 2 N–H and O–H groups in total. The molecule has 0 bridgehead atoms. The Morgan fingerprint density at radius 3 is 3.10 bits per heavy atom. The molecular formula is C5H7N3O2. The molecule has 1 aromatic rings. The molecular weight excluding hydrogens is 134 g/mol. The van der Waals surface area contributed by atoms with Gasteiger partial charge in [0.05, 0.1) is 6.33 Å². The van der Waals surface area contributed by atoms with Crippen molar-refractivity contribution in [3.8, 4) is 0 Å². The molecule has 0 radical (unpaired) electrons. The molecule has 0 saturated carbocycles. The molecule has 0 spiro atoms. The number of hydrogen-bond acceptors (Lipinski definition) is 3. The average Bonchev–Trinajstić information content (AvgIpc) is 2.34. The van der Waals surface area contributed by atoms with Gasteiger partial charge >= 0.3 is 6.09 Å². The number of imidazole rings is 1. The van der Waals surface area contributed by atoms with Gasteiger partial charge in [-0.05, 0) is 0 Å². The minimum Gasteiger partial charge on any atom is -0.428 e. The normalized spacial score (nSPS) is 9.20. The van der Waals surface area contributed by atoms with E-state index < -0.39 is 6.09 Å². The van der Waals surface area contributed by atoms with Crippen molar-refractivity contribution in [1.29, 1.82) is 0 Å². The van der Waals surface area contributed by atoms with Gasteiger partial charge < -0.3 is 15.0 Å². The van der Waals surface area contributed by atoms with Crippen LogP contribution < -0.4 is 5.73 Å². The van der Waals surface area contributed by atoms with Gasteiger partial charge in [0.25, 0.3) is 0 Å². The van der Waals surface area contributed by atoms with Crippen molar-refractivity contribution >= 4 is 6.09 Å². The van der Waals surface area contributed by atoms with Gasteiger partial charge in [0.15, 0.2) is 6.73 Å². The summed E-state index contributed by atoms with van der Waals surface area (Å²) < 4.78 is 6.04. The van der Waals surface area contributed by atoms with E-state index in [1.54, 1.807) is 17.0 Å². The highest BCUT2D eigenvalue weighted by atomic mass is 16.6. The van der Waals surface area contributed by atoms with Crippen LogP contribution >= 0.6 is 0 Å². The van der Waals surface area contributed by atoms with Gasteiger partial charge in [-0.3, -0.25) is 0 Å². The molecule has 0 atom stereocenters. The Balaban J connectivity index is 2.35. The van der Waals surface area contributed by atoms with Crippen molar-refractivity contribution in [3.05, 3.63) is 18.7 Å². The van der Waals surface area contributed by atoms with Gasteiger partial charge in [-0.25, -0.2) is 9.78 Å². The second kappa shape index (κ2) is 2.86. The Kier molecular flexibility index (Phi) is 1.89. The molecule has 0 fully saturated rings. The van der Waals surface area contributed by atoms with E-state index in [-0.39, 0.29) is 6.73 Å². The number of carbonyl (C=O) groups is 1. The van der Waals surface area contributed by atoms with E-state index in [1.165, 1.54) is 6.33 Å². The lowest BCUT2D eigenvalue weighted by molar-refractivity contribution is 0.123. The van der Waals surface area contributed by atoms with Crippen LogP contribution in [-0.4, -0.2) is 15.6 Å². The van der Waals surface area contributed by atoms with Crippen LogP contribution in [0.4, 0.5) is 4.79 Å². The molecule has 5 heteroatoms. The summed E-state index contributed by atoms with van der Waals surface area (Å²) in [5.74, 6) is 0. The molecule has 0 aromatic carbocycles. The topological polar surface area (TPSA) is 70.1 Å². The summed E-state index contributed by atoms with van der Waals surface area (Å²) in [6.07, 6.45) is 4.00. The van der Waals surface area contributed by atoms with E-state index in [0.717, 1.165) is 0 Å². The van der Waals surface area contributed by atoms with Gasteiger partial charge in [-0.1, -0.05) is 0 Å². The Morgan fingerprint density at radius 1 is 1.80 bits per heavy atom. The highest BCUT2D eigenvalue weighted by Crippen LogP contribution is 1.85. The summed E-state index contributed by atoms with van der Waals surface area (Å²) >= 11 is 0. The third-order valence-corrected chi connectivity index (χ3v) is 0.915. The zero-order chi connectivity index (χ0) is 7.40. The zero-order valence-electron chi connectivity index (χ0n) is 5.23. The lowest BCUT2D eigenvalue weighted by atomic mass is 10.9. The van der Waals surface area contributed by atoms with Gasteiger partial charge in [0.1, 0.15) is 0 Å². The third-order valence-electron chi connectivity index (χ3n) is 0.915. The summed E-state index contributed by atoms with van der Waals surface area (Å²) in [4.78, 5) is 13.8. The first-order valence-corrected chi connectivity index (χ1v) is 2.67. The Labute approximate surface area is 57.4 Å². The van der Waals surface area contributed by atoms with Crippen molar-refractivity contribution in [2.24, 2.45) is 5.73 Å². The van der Waals surface area contributed by atoms with Crippen LogP contribution in [0.3, 0.4) is 0 Å². The average molecular weight is 141 g/mol. The number of carbonyl (C=O) groups excluding carboxylic acids is 1. The maximum atomic E-state index is 10.1. The van der Waals surface area contributed by atoms with Crippen LogP contribution in [-0.2, 0) is 11.5 Å². The van der Waals surface area contributed by atoms with E-state index in [2.05, 4.69) is 9.72 Å². The third kappa shape index (κ3) is 1.77. The second-order valence-electron chi connectivity index (χ2n) is 1.67.